The summed E-state index contributed by atoms with van der Waals surface area (Å²) in [6, 6.07) is 5.49. The Morgan fingerprint density at radius 3 is 3.07 bits per heavy atom. The highest BCUT2D eigenvalue weighted by molar-refractivity contribution is 5.74. The van der Waals surface area contributed by atoms with Crippen molar-refractivity contribution in [1.29, 1.82) is 0 Å². The van der Waals surface area contributed by atoms with Crippen LogP contribution in [0, 0.1) is 0 Å². The minimum absolute atomic E-state index is 0.137. The predicted molar refractivity (Wildman–Crippen MR) is 56.0 cm³/mol. The lowest BCUT2D eigenvalue weighted by atomic mass is 10.3. The number of pyridine rings is 1. The Kier molecular flexibility index (Phi) is 2.78. The molecule has 0 atom stereocenters. The average molecular weight is 204 g/mol. The molecule has 0 unspecified atom stereocenters. The van der Waals surface area contributed by atoms with E-state index in [1.54, 1.807) is 12.3 Å². The van der Waals surface area contributed by atoms with E-state index in [1.807, 2.05) is 16.5 Å². The number of carbonyl (C=O) groups is 1. The van der Waals surface area contributed by atoms with Crippen LogP contribution >= 0.6 is 0 Å². The van der Waals surface area contributed by atoms with Crippen molar-refractivity contribution in [3.63, 3.8) is 0 Å². The van der Waals surface area contributed by atoms with Crippen molar-refractivity contribution in [2.24, 2.45) is 0 Å². The van der Waals surface area contributed by atoms with Gasteiger partial charge in [0.15, 0.2) is 6.29 Å². The van der Waals surface area contributed by atoms with E-state index in [0.717, 1.165) is 17.6 Å². The van der Waals surface area contributed by atoms with Crippen molar-refractivity contribution in [1.82, 2.24) is 9.38 Å². The third kappa shape index (κ3) is 1.76. The molecule has 78 valence electrons. The number of fused-ring (bicyclic) bond motifs is 1. The van der Waals surface area contributed by atoms with Gasteiger partial charge in [-0.15, -0.1) is 0 Å². The van der Waals surface area contributed by atoms with Crippen molar-refractivity contribution in [3.8, 4) is 0 Å². The summed E-state index contributed by atoms with van der Waals surface area (Å²) in [4.78, 5) is 15.1. The van der Waals surface area contributed by atoms with Crippen LogP contribution in [-0.2, 0) is 6.42 Å². The Bertz CT molecular complexity index is 476. The summed E-state index contributed by atoms with van der Waals surface area (Å²) >= 11 is 0. The maximum atomic E-state index is 10.8. The maximum Gasteiger partial charge on any atom is 0.166 e. The Balaban J connectivity index is 2.50. The van der Waals surface area contributed by atoms with Crippen LogP contribution in [0.2, 0.25) is 0 Å². The summed E-state index contributed by atoms with van der Waals surface area (Å²) < 4.78 is 1.82. The van der Waals surface area contributed by atoms with Crippen LogP contribution in [0.25, 0.3) is 5.52 Å². The summed E-state index contributed by atoms with van der Waals surface area (Å²) in [5.74, 6) is 0.821. The van der Waals surface area contributed by atoms with Crippen LogP contribution in [-0.4, -0.2) is 27.4 Å². The zero-order valence-electron chi connectivity index (χ0n) is 8.26. The zero-order chi connectivity index (χ0) is 10.7. The maximum absolute atomic E-state index is 10.8. The summed E-state index contributed by atoms with van der Waals surface area (Å²) in [5, 5.41) is 8.76. The first kappa shape index (κ1) is 9.86. The number of imidazole rings is 1. The first-order valence-electron chi connectivity index (χ1n) is 4.88. The van der Waals surface area contributed by atoms with E-state index in [9.17, 15) is 4.79 Å². The van der Waals surface area contributed by atoms with Gasteiger partial charge in [0, 0.05) is 13.0 Å². The number of hydrogen-bond donors (Lipinski definition) is 1. The summed E-state index contributed by atoms with van der Waals surface area (Å²) in [6.07, 6.45) is 3.89. The van der Waals surface area contributed by atoms with E-state index in [-0.39, 0.29) is 6.61 Å². The molecule has 0 spiro atoms. The van der Waals surface area contributed by atoms with E-state index in [0.29, 0.717) is 18.5 Å². The summed E-state index contributed by atoms with van der Waals surface area (Å²) in [6.45, 7) is 0.137. The highest BCUT2D eigenvalue weighted by Gasteiger charge is 2.06. The van der Waals surface area contributed by atoms with Gasteiger partial charge in [0.05, 0.1) is 17.4 Å². The van der Waals surface area contributed by atoms with Gasteiger partial charge in [0.25, 0.3) is 0 Å². The monoisotopic (exact) mass is 204 g/mol. The molecule has 2 heterocycles. The van der Waals surface area contributed by atoms with E-state index in [2.05, 4.69) is 4.98 Å². The van der Waals surface area contributed by atoms with E-state index in [1.165, 1.54) is 0 Å². The molecule has 1 N–H and O–H groups in total. The molecule has 4 heteroatoms. The molecular formula is C11H12N2O2. The van der Waals surface area contributed by atoms with Gasteiger partial charge in [0.1, 0.15) is 5.82 Å². The number of rotatable bonds is 4. The number of aliphatic hydroxyl groups is 1. The van der Waals surface area contributed by atoms with Crippen LogP contribution in [0.5, 0.6) is 0 Å². The fourth-order valence-electron chi connectivity index (χ4n) is 1.65. The van der Waals surface area contributed by atoms with E-state index in [4.69, 9.17) is 5.11 Å². The standard InChI is InChI=1S/C11H12N2O2/c14-6-2-5-11-12-7-9-3-1-4-10(8-15)13(9)11/h1,3-4,7-8,14H,2,5-6H2. The SMILES string of the molecule is O=Cc1cccc2cnc(CCCO)n12. The van der Waals surface area contributed by atoms with Gasteiger partial charge in [-0.2, -0.15) is 0 Å². The molecule has 0 aliphatic rings. The van der Waals surface area contributed by atoms with Crippen LogP contribution < -0.4 is 0 Å². The molecule has 0 radical (unpaired) electrons. The smallest absolute Gasteiger partial charge is 0.166 e. The highest BCUT2D eigenvalue weighted by atomic mass is 16.2. The number of aryl methyl sites for hydroxylation is 1. The van der Waals surface area contributed by atoms with Gasteiger partial charge in [-0.3, -0.25) is 9.20 Å². The number of aromatic nitrogens is 2. The quantitative estimate of drug-likeness (QED) is 0.758. The molecule has 4 nitrogen and oxygen atoms in total. The van der Waals surface area contributed by atoms with Crippen molar-refractivity contribution in [2.75, 3.05) is 6.61 Å². The minimum atomic E-state index is 0.137. The Labute approximate surface area is 87.2 Å². The summed E-state index contributed by atoms with van der Waals surface area (Å²) in [5.41, 5.74) is 1.51. The fraction of sp³-hybridized carbons (Fsp3) is 0.273. The highest BCUT2D eigenvalue weighted by Crippen LogP contribution is 2.11. The first-order chi connectivity index (χ1) is 7.36. The predicted octanol–water partition coefficient (Wildman–Crippen LogP) is 1.07. The van der Waals surface area contributed by atoms with E-state index < -0.39 is 0 Å². The van der Waals surface area contributed by atoms with Crippen molar-refractivity contribution in [3.05, 3.63) is 35.9 Å². The first-order valence-corrected chi connectivity index (χ1v) is 4.88. The van der Waals surface area contributed by atoms with Gasteiger partial charge in [0.2, 0.25) is 0 Å². The normalized spacial score (nSPS) is 10.7. The molecule has 2 rings (SSSR count). The second-order valence-electron chi connectivity index (χ2n) is 3.33. The van der Waals surface area contributed by atoms with Gasteiger partial charge < -0.3 is 5.11 Å². The number of nitrogens with zero attached hydrogens (tertiary/aromatic N) is 2. The molecule has 15 heavy (non-hydrogen) atoms. The lowest BCUT2D eigenvalue weighted by molar-refractivity contribution is 0.111. The van der Waals surface area contributed by atoms with Crippen LogP contribution in [0.15, 0.2) is 24.4 Å². The molecule has 0 aliphatic carbocycles. The van der Waals surface area contributed by atoms with Gasteiger partial charge >= 0.3 is 0 Å². The number of aldehydes is 1. The Morgan fingerprint density at radius 2 is 2.33 bits per heavy atom. The Hall–Kier alpha value is -1.68. The molecular weight excluding hydrogens is 192 g/mol. The van der Waals surface area contributed by atoms with E-state index >= 15 is 0 Å². The minimum Gasteiger partial charge on any atom is -0.396 e. The summed E-state index contributed by atoms with van der Waals surface area (Å²) in [7, 11) is 0. The Morgan fingerprint density at radius 1 is 1.47 bits per heavy atom. The third-order valence-corrected chi connectivity index (χ3v) is 2.33. The number of hydrogen-bond acceptors (Lipinski definition) is 3. The second-order valence-corrected chi connectivity index (χ2v) is 3.33. The van der Waals surface area contributed by atoms with Crippen LogP contribution in [0.1, 0.15) is 22.7 Å². The molecule has 0 aliphatic heterocycles. The molecule has 0 bridgehead atoms. The molecule has 0 fully saturated rings. The fourth-order valence-corrected chi connectivity index (χ4v) is 1.65. The molecule has 0 saturated carbocycles. The molecule has 2 aromatic rings. The lowest BCUT2D eigenvalue weighted by Gasteiger charge is -2.02. The van der Waals surface area contributed by atoms with Crippen LogP contribution in [0.3, 0.4) is 0 Å². The van der Waals surface area contributed by atoms with Crippen molar-refractivity contribution < 1.29 is 9.90 Å². The number of aliphatic hydroxyl groups excluding tert-OH is 1. The molecule has 0 saturated heterocycles. The zero-order valence-corrected chi connectivity index (χ0v) is 8.26. The van der Waals surface area contributed by atoms with Gasteiger partial charge in [-0.25, -0.2) is 4.98 Å². The average Bonchev–Trinajstić information content (AvgIpc) is 2.69. The lowest BCUT2D eigenvalue weighted by Crippen LogP contribution is -2.01. The number of carbonyl (C=O) groups excluding carboxylic acids is 1. The largest absolute Gasteiger partial charge is 0.396 e. The molecule has 0 amide bonds. The molecule has 2 aromatic heterocycles. The van der Waals surface area contributed by atoms with Gasteiger partial charge in [-0.1, -0.05) is 6.07 Å². The second kappa shape index (κ2) is 4.23. The topological polar surface area (TPSA) is 54.6 Å². The van der Waals surface area contributed by atoms with Gasteiger partial charge in [-0.05, 0) is 18.6 Å². The molecule has 0 aromatic carbocycles. The van der Waals surface area contributed by atoms with Crippen LogP contribution in [0.4, 0.5) is 0 Å². The van der Waals surface area contributed by atoms with Crippen molar-refractivity contribution >= 4 is 11.8 Å². The van der Waals surface area contributed by atoms with Crippen molar-refractivity contribution in [2.45, 2.75) is 12.8 Å². The third-order valence-electron chi connectivity index (χ3n) is 2.33.